The minimum absolute atomic E-state index is 0.0956. The smallest absolute Gasteiger partial charge is 0.335 e. The molecule has 0 aromatic carbocycles. The fourth-order valence-corrected chi connectivity index (χ4v) is 18.0. The van der Waals surface area contributed by atoms with E-state index in [1.54, 1.807) is 0 Å². The summed E-state index contributed by atoms with van der Waals surface area (Å²) in [6.07, 6.45) is 1.20. The topological polar surface area (TPSA) is 103 Å². The van der Waals surface area contributed by atoms with Crippen molar-refractivity contribution in [2.24, 2.45) is 5.92 Å². The molecule has 1 aromatic rings. The molecule has 2 N–H and O–H groups in total. The van der Waals surface area contributed by atoms with Crippen molar-refractivity contribution in [3.05, 3.63) is 33.1 Å². The largest absolute Gasteiger partial charge is 0.414 e. The van der Waals surface area contributed by atoms with Gasteiger partial charge in [0.15, 0.2) is 5.60 Å². The van der Waals surface area contributed by atoms with Gasteiger partial charge in [0.05, 0.1) is 12.1 Å². The zero-order chi connectivity index (χ0) is 28.8. The van der Waals surface area contributed by atoms with Gasteiger partial charge in [-0.05, 0) is 28.6 Å². The molecule has 1 aromatic heterocycles. The summed E-state index contributed by atoms with van der Waals surface area (Å²) in [6, 6.07) is 0.610. The number of rotatable bonds is 5. The van der Waals surface area contributed by atoms with E-state index >= 15 is 0 Å². The van der Waals surface area contributed by atoms with Crippen LogP contribution in [0.15, 0.2) is 21.9 Å². The number of aliphatic hydroxyl groups is 1. The molecule has 0 amide bonds. The average Bonchev–Trinajstić information content (AvgIpc) is 3.02. The quantitative estimate of drug-likeness (QED) is 0.388. The number of nitrogens with one attached hydrogen (secondary N) is 1. The Morgan fingerprint density at radius 3 is 2.05 bits per heavy atom. The molecular weight excluding hydrogens is 533 g/mol. The van der Waals surface area contributed by atoms with Gasteiger partial charge in [0.25, 0.3) is 5.56 Å². The Morgan fingerprint density at radius 2 is 1.58 bits per heavy atom. The van der Waals surface area contributed by atoms with Gasteiger partial charge in [-0.1, -0.05) is 81.0 Å². The maximum atomic E-state index is 13.0. The summed E-state index contributed by atoms with van der Waals surface area (Å²) in [5.41, 5.74) is 1.26. The first kappa shape index (κ1) is 31.3. The molecule has 11 heteroatoms. The summed E-state index contributed by atoms with van der Waals surface area (Å²) in [6.45, 7) is 24.0. The summed E-state index contributed by atoms with van der Waals surface area (Å²) in [5.74, 6) is 3.03. The molecule has 4 atom stereocenters. The minimum Gasteiger partial charge on any atom is -0.414 e. The van der Waals surface area contributed by atoms with E-state index in [4.69, 9.17) is 13.0 Å². The Hall–Kier alpha value is -1.27. The summed E-state index contributed by atoms with van der Waals surface area (Å²) in [4.78, 5) is 27.2. The molecule has 1 aliphatic carbocycles. The highest BCUT2D eigenvalue weighted by Gasteiger charge is 2.64. The van der Waals surface area contributed by atoms with Crippen LogP contribution in [0.2, 0.25) is 41.8 Å². The van der Waals surface area contributed by atoms with Crippen LogP contribution in [0.4, 0.5) is 0 Å². The first-order valence-electron chi connectivity index (χ1n) is 14.0. The Kier molecular flexibility index (Phi) is 9.01. The fourth-order valence-electron chi connectivity index (χ4n) is 6.07. The van der Waals surface area contributed by atoms with Crippen LogP contribution in [0, 0.1) is 17.4 Å². The van der Waals surface area contributed by atoms with Crippen LogP contribution in [-0.4, -0.2) is 58.2 Å². The first-order chi connectivity index (χ1) is 17.4. The van der Waals surface area contributed by atoms with E-state index in [1.165, 1.54) is 16.8 Å². The Balaban J connectivity index is 2.28. The molecule has 2 heterocycles. The van der Waals surface area contributed by atoms with Crippen LogP contribution in [0.5, 0.6) is 0 Å². The Labute approximate surface area is 231 Å². The standard InChI is InChI=1S/C27H48N2O6Si3/c1-18(2)37(19(3)4)33-17-22-16-23(29-14-12-24(30)28-26(29)31)27(32,13-15-36(9,10)11)25(22)34-38(35-37,20(5)6)21(7)8/h12,14,18-23,25,32H,16-17H2,1-11H3,(H,28,30,31)/t22-,23-,25-,27-/m1/s1. The monoisotopic (exact) mass is 580 g/mol. The third-order valence-electron chi connectivity index (χ3n) is 8.09. The number of fused-ring (bicyclic) bond motifs is 1. The third kappa shape index (κ3) is 5.64. The molecule has 2 fully saturated rings. The molecule has 0 bridgehead atoms. The molecule has 1 saturated heterocycles. The number of aromatic amines is 1. The highest BCUT2D eigenvalue weighted by molar-refractivity contribution is 6.84. The lowest BCUT2D eigenvalue weighted by atomic mass is 9.95. The SMILES string of the molecule is CC(C)[Si]1(C(C)C)OC[C@H]2C[C@@H](n3ccc(=O)[nH]c3=O)[C@](O)(C#C[Si](C)(C)C)[C@@H]2O[Si](C(C)C)(C(C)C)O1. The number of aromatic nitrogens is 2. The van der Waals surface area contributed by atoms with Crippen molar-refractivity contribution in [2.75, 3.05) is 6.61 Å². The lowest BCUT2D eigenvalue weighted by Crippen LogP contribution is -2.66. The van der Waals surface area contributed by atoms with Crippen molar-refractivity contribution in [2.45, 2.75) is 121 Å². The van der Waals surface area contributed by atoms with Crippen LogP contribution in [0.3, 0.4) is 0 Å². The lowest BCUT2D eigenvalue weighted by Gasteiger charge is -2.52. The molecule has 0 spiro atoms. The predicted octanol–water partition coefficient (Wildman–Crippen LogP) is 4.67. The van der Waals surface area contributed by atoms with Gasteiger partial charge in [0.2, 0.25) is 0 Å². The van der Waals surface area contributed by atoms with Crippen molar-refractivity contribution in [3.8, 4) is 11.5 Å². The van der Waals surface area contributed by atoms with E-state index in [0.717, 1.165) is 0 Å². The number of H-pyrrole nitrogens is 1. The molecule has 8 nitrogen and oxygen atoms in total. The van der Waals surface area contributed by atoms with Crippen LogP contribution in [0.25, 0.3) is 0 Å². The van der Waals surface area contributed by atoms with E-state index in [-0.39, 0.29) is 28.1 Å². The lowest BCUT2D eigenvalue weighted by molar-refractivity contribution is -0.0625. The summed E-state index contributed by atoms with van der Waals surface area (Å²) < 4.78 is 22.9. The Bertz CT molecular complexity index is 1160. The van der Waals surface area contributed by atoms with E-state index in [9.17, 15) is 14.7 Å². The fraction of sp³-hybridized carbons (Fsp3) is 0.778. The van der Waals surface area contributed by atoms with Crippen molar-refractivity contribution in [3.63, 3.8) is 0 Å². The van der Waals surface area contributed by atoms with Crippen molar-refractivity contribution < 1.29 is 18.1 Å². The molecule has 214 valence electrons. The van der Waals surface area contributed by atoms with Gasteiger partial charge >= 0.3 is 22.8 Å². The van der Waals surface area contributed by atoms with Gasteiger partial charge < -0.3 is 18.1 Å². The van der Waals surface area contributed by atoms with E-state index in [0.29, 0.717) is 13.0 Å². The third-order valence-corrected chi connectivity index (χ3v) is 19.2. The van der Waals surface area contributed by atoms with Crippen molar-refractivity contribution in [1.82, 2.24) is 9.55 Å². The second-order valence-corrected chi connectivity index (χ2v) is 27.0. The zero-order valence-electron chi connectivity index (χ0n) is 25.0. The molecule has 38 heavy (non-hydrogen) atoms. The molecule has 1 aliphatic heterocycles. The number of nitrogens with zero attached hydrogens (tertiary/aromatic N) is 1. The van der Waals surface area contributed by atoms with E-state index in [1.807, 2.05) is 0 Å². The zero-order valence-corrected chi connectivity index (χ0v) is 28.0. The van der Waals surface area contributed by atoms with Crippen LogP contribution < -0.4 is 11.2 Å². The minimum atomic E-state index is -3.01. The molecule has 3 rings (SSSR count). The maximum Gasteiger partial charge on any atom is 0.335 e. The summed E-state index contributed by atoms with van der Waals surface area (Å²) in [7, 11) is -7.66. The second-order valence-electron chi connectivity index (χ2n) is 13.4. The highest BCUT2D eigenvalue weighted by atomic mass is 28.5. The summed E-state index contributed by atoms with van der Waals surface area (Å²) >= 11 is 0. The number of hydrogen-bond donors (Lipinski definition) is 2. The van der Waals surface area contributed by atoms with Crippen LogP contribution >= 0.6 is 0 Å². The van der Waals surface area contributed by atoms with Gasteiger partial charge in [0, 0.05) is 24.8 Å². The molecule has 2 aliphatic rings. The van der Waals surface area contributed by atoms with Gasteiger partial charge in [-0.3, -0.25) is 14.3 Å². The molecule has 0 unspecified atom stereocenters. The van der Waals surface area contributed by atoms with Gasteiger partial charge in [0.1, 0.15) is 8.07 Å². The normalized spacial score (nSPS) is 29.2. The first-order valence-corrected chi connectivity index (χ1v) is 21.4. The maximum absolute atomic E-state index is 13.0. The van der Waals surface area contributed by atoms with Crippen LogP contribution in [0.1, 0.15) is 67.9 Å². The number of hydrogen-bond acceptors (Lipinski definition) is 6. The molecule has 1 saturated carbocycles. The van der Waals surface area contributed by atoms with E-state index < -0.39 is 54.2 Å². The van der Waals surface area contributed by atoms with Gasteiger partial charge in [-0.25, -0.2) is 4.79 Å². The van der Waals surface area contributed by atoms with E-state index in [2.05, 4.69) is 91.5 Å². The van der Waals surface area contributed by atoms with Crippen LogP contribution in [-0.2, 0) is 13.0 Å². The van der Waals surface area contributed by atoms with Gasteiger partial charge in [-0.2, -0.15) is 0 Å². The Morgan fingerprint density at radius 1 is 1.03 bits per heavy atom. The predicted molar refractivity (Wildman–Crippen MR) is 158 cm³/mol. The summed E-state index contributed by atoms with van der Waals surface area (Å²) in [5, 5.41) is 12.5. The van der Waals surface area contributed by atoms with Crippen molar-refractivity contribution >= 4 is 25.2 Å². The van der Waals surface area contributed by atoms with Gasteiger partial charge in [-0.15, -0.1) is 5.54 Å². The molecule has 0 radical (unpaired) electrons. The highest BCUT2D eigenvalue weighted by Crippen LogP contribution is 2.52. The van der Waals surface area contributed by atoms with Crippen molar-refractivity contribution in [1.29, 1.82) is 0 Å². The average molecular weight is 581 g/mol. The molecular formula is C27H48N2O6Si3. The second kappa shape index (κ2) is 11.0.